The van der Waals surface area contributed by atoms with Gasteiger partial charge in [-0.15, -0.1) is 0 Å². The average Bonchev–Trinajstić information content (AvgIpc) is 2.18. The van der Waals surface area contributed by atoms with Crippen LogP contribution < -0.4 is 0 Å². The first kappa shape index (κ1) is 10.2. The molecule has 13 heavy (non-hydrogen) atoms. The molecule has 70 valence electrons. The van der Waals surface area contributed by atoms with Crippen LogP contribution in [0, 0.1) is 0 Å². The van der Waals surface area contributed by atoms with Crippen LogP contribution in [0.4, 0.5) is 0 Å². The second-order valence-electron chi connectivity index (χ2n) is 2.37. The number of hydrogen-bond donors (Lipinski definition) is 0. The number of aromatic nitrogens is 1. The molecular formula is C9H10BrNO2. The van der Waals surface area contributed by atoms with Gasteiger partial charge in [0.25, 0.3) is 0 Å². The van der Waals surface area contributed by atoms with Gasteiger partial charge in [-0.3, -0.25) is 9.78 Å². The minimum Gasteiger partial charge on any atom is -0.465 e. The van der Waals surface area contributed by atoms with Gasteiger partial charge in [-0.2, -0.15) is 0 Å². The Morgan fingerprint density at radius 2 is 2.46 bits per heavy atom. The molecule has 0 radical (unpaired) electrons. The van der Waals surface area contributed by atoms with Crippen molar-refractivity contribution in [3.8, 4) is 0 Å². The first-order valence-electron chi connectivity index (χ1n) is 3.97. The molecule has 0 aromatic carbocycles. The summed E-state index contributed by atoms with van der Waals surface area (Å²) in [6.07, 6.45) is 1.64. The minimum atomic E-state index is -0.464. The van der Waals surface area contributed by atoms with E-state index in [4.69, 9.17) is 4.74 Å². The van der Waals surface area contributed by atoms with Crippen LogP contribution in [-0.2, 0) is 9.53 Å². The lowest BCUT2D eigenvalue weighted by molar-refractivity contribution is -0.142. The number of hydrogen-bond acceptors (Lipinski definition) is 3. The number of alkyl halides is 1. The molecule has 1 unspecified atom stereocenters. The smallest absolute Gasteiger partial charge is 0.325 e. The third-order valence-corrected chi connectivity index (χ3v) is 2.28. The van der Waals surface area contributed by atoms with Gasteiger partial charge in [0.2, 0.25) is 0 Å². The highest BCUT2D eigenvalue weighted by Crippen LogP contribution is 2.21. The lowest BCUT2D eigenvalue weighted by atomic mass is 10.3. The van der Waals surface area contributed by atoms with Crippen molar-refractivity contribution in [3.63, 3.8) is 0 Å². The zero-order chi connectivity index (χ0) is 9.68. The summed E-state index contributed by atoms with van der Waals surface area (Å²) in [4.78, 5) is 14.8. The molecule has 1 aromatic heterocycles. The van der Waals surface area contributed by atoms with Crippen molar-refractivity contribution >= 4 is 21.9 Å². The van der Waals surface area contributed by atoms with E-state index in [1.807, 2.05) is 6.07 Å². The molecule has 0 amide bonds. The first-order valence-corrected chi connectivity index (χ1v) is 4.89. The molecule has 1 rings (SSSR count). The average molecular weight is 244 g/mol. The Labute approximate surface area is 85.3 Å². The third-order valence-electron chi connectivity index (χ3n) is 1.44. The molecule has 0 fully saturated rings. The molecule has 1 atom stereocenters. The largest absolute Gasteiger partial charge is 0.465 e. The molecule has 3 nitrogen and oxygen atoms in total. The molecule has 1 heterocycles. The lowest BCUT2D eigenvalue weighted by Crippen LogP contribution is -2.11. The highest BCUT2D eigenvalue weighted by molar-refractivity contribution is 9.09. The molecule has 0 aliphatic heterocycles. The topological polar surface area (TPSA) is 39.2 Å². The normalized spacial score (nSPS) is 12.2. The quantitative estimate of drug-likeness (QED) is 0.603. The number of halogens is 1. The Morgan fingerprint density at radius 3 is 3.00 bits per heavy atom. The number of esters is 1. The van der Waals surface area contributed by atoms with Crippen molar-refractivity contribution in [2.45, 2.75) is 11.8 Å². The Bertz CT molecular complexity index is 276. The molecule has 0 saturated carbocycles. The molecule has 0 aliphatic rings. The van der Waals surface area contributed by atoms with Crippen molar-refractivity contribution in [3.05, 3.63) is 30.1 Å². The minimum absolute atomic E-state index is 0.304. The Balaban J connectivity index is 2.68. The summed E-state index contributed by atoms with van der Waals surface area (Å²) in [7, 11) is 0. The molecule has 4 heteroatoms. The van der Waals surface area contributed by atoms with Gasteiger partial charge in [-0.25, -0.2) is 0 Å². The van der Waals surface area contributed by atoms with E-state index >= 15 is 0 Å². The highest BCUT2D eigenvalue weighted by Gasteiger charge is 2.18. The molecule has 0 bridgehead atoms. The van der Waals surface area contributed by atoms with Crippen molar-refractivity contribution in [1.82, 2.24) is 4.98 Å². The Morgan fingerprint density at radius 1 is 1.69 bits per heavy atom. The lowest BCUT2D eigenvalue weighted by Gasteiger charge is -2.07. The first-order chi connectivity index (χ1) is 6.25. The van der Waals surface area contributed by atoms with Crippen LogP contribution in [0.15, 0.2) is 24.4 Å². The van der Waals surface area contributed by atoms with Crippen LogP contribution in [0.25, 0.3) is 0 Å². The number of rotatable bonds is 3. The number of carbonyl (C=O) groups is 1. The fourth-order valence-corrected chi connectivity index (χ4v) is 1.27. The fraction of sp³-hybridized carbons (Fsp3) is 0.333. The van der Waals surface area contributed by atoms with Gasteiger partial charge < -0.3 is 4.74 Å². The summed E-state index contributed by atoms with van der Waals surface area (Å²) in [5.74, 6) is -0.304. The highest BCUT2D eigenvalue weighted by atomic mass is 79.9. The second-order valence-corrected chi connectivity index (χ2v) is 3.28. The van der Waals surface area contributed by atoms with E-state index in [2.05, 4.69) is 20.9 Å². The number of carbonyl (C=O) groups excluding carboxylic acids is 1. The van der Waals surface area contributed by atoms with E-state index in [0.29, 0.717) is 12.3 Å². The van der Waals surface area contributed by atoms with E-state index in [9.17, 15) is 4.79 Å². The van der Waals surface area contributed by atoms with E-state index in [1.165, 1.54) is 0 Å². The van der Waals surface area contributed by atoms with Crippen molar-refractivity contribution in [1.29, 1.82) is 0 Å². The maximum atomic E-state index is 11.2. The van der Waals surface area contributed by atoms with E-state index in [0.717, 1.165) is 0 Å². The van der Waals surface area contributed by atoms with Gasteiger partial charge >= 0.3 is 5.97 Å². The number of nitrogens with zero attached hydrogens (tertiary/aromatic N) is 1. The summed E-state index contributed by atoms with van der Waals surface area (Å²) in [5.41, 5.74) is 0.668. The predicted octanol–water partition coefficient (Wildman–Crippen LogP) is 2.08. The molecule has 0 saturated heterocycles. The van der Waals surface area contributed by atoms with Crippen molar-refractivity contribution in [2.75, 3.05) is 6.61 Å². The summed E-state index contributed by atoms with van der Waals surface area (Å²) in [6, 6.07) is 5.40. The van der Waals surface area contributed by atoms with Crippen molar-refractivity contribution in [2.24, 2.45) is 0 Å². The van der Waals surface area contributed by atoms with Gasteiger partial charge in [0.05, 0.1) is 12.3 Å². The predicted molar refractivity (Wildman–Crippen MR) is 52.5 cm³/mol. The third kappa shape index (κ3) is 2.81. The van der Waals surface area contributed by atoms with Gasteiger partial charge in [-0.05, 0) is 19.1 Å². The Kier molecular flexibility index (Phi) is 3.89. The van der Waals surface area contributed by atoms with Crippen LogP contribution in [0.5, 0.6) is 0 Å². The summed E-state index contributed by atoms with van der Waals surface area (Å²) < 4.78 is 4.83. The summed E-state index contributed by atoms with van der Waals surface area (Å²) >= 11 is 3.22. The van der Waals surface area contributed by atoms with Gasteiger partial charge in [-0.1, -0.05) is 22.0 Å². The number of ether oxygens (including phenoxy) is 1. The molecule has 1 aromatic rings. The van der Waals surface area contributed by atoms with Gasteiger partial charge in [0, 0.05) is 6.20 Å². The van der Waals surface area contributed by atoms with Crippen molar-refractivity contribution < 1.29 is 9.53 Å². The van der Waals surface area contributed by atoms with Crippen LogP contribution >= 0.6 is 15.9 Å². The number of pyridine rings is 1. The van der Waals surface area contributed by atoms with Gasteiger partial charge in [0.15, 0.2) is 4.83 Å². The van der Waals surface area contributed by atoms with Crippen LogP contribution in [-0.4, -0.2) is 17.6 Å². The second kappa shape index (κ2) is 4.97. The summed E-state index contributed by atoms with van der Waals surface area (Å²) in [6.45, 7) is 2.16. The SMILES string of the molecule is CCOC(=O)C(Br)c1ccccn1. The van der Waals surface area contributed by atoms with Crippen LogP contribution in [0.1, 0.15) is 17.4 Å². The molecule has 0 N–H and O–H groups in total. The zero-order valence-corrected chi connectivity index (χ0v) is 8.82. The van der Waals surface area contributed by atoms with Crippen LogP contribution in [0.3, 0.4) is 0 Å². The van der Waals surface area contributed by atoms with Crippen LogP contribution in [0.2, 0.25) is 0 Å². The van der Waals surface area contributed by atoms with E-state index < -0.39 is 4.83 Å². The molecule has 0 aliphatic carbocycles. The van der Waals surface area contributed by atoms with Gasteiger partial charge in [0.1, 0.15) is 0 Å². The fourth-order valence-electron chi connectivity index (χ4n) is 0.862. The van der Waals surface area contributed by atoms with E-state index in [-0.39, 0.29) is 5.97 Å². The monoisotopic (exact) mass is 243 g/mol. The van der Waals surface area contributed by atoms with E-state index in [1.54, 1.807) is 25.3 Å². The Hall–Kier alpha value is -0.900. The summed E-state index contributed by atoms with van der Waals surface area (Å²) in [5, 5.41) is 0. The molecule has 0 spiro atoms. The standard InChI is InChI=1S/C9H10BrNO2/c1-2-13-9(12)8(10)7-5-3-4-6-11-7/h3-6,8H,2H2,1H3. The maximum Gasteiger partial charge on any atom is 0.325 e. The molecular weight excluding hydrogens is 234 g/mol. The zero-order valence-electron chi connectivity index (χ0n) is 7.24. The maximum absolute atomic E-state index is 11.2.